The molecule has 1 aliphatic heterocycles. The molecule has 1 aliphatic rings. The van der Waals surface area contributed by atoms with Crippen LogP contribution in [-0.4, -0.2) is 29.0 Å². The van der Waals surface area contributed by atoms with E-state index in [-0.39, 0.29) is 11.8 Å². The molecule has 0 bridgehead atoms. The van der Waals surface area contributed by atoms with E-state index < -0.39 is 0 Å². The van der Waals surface area contributed by atoms with Gasteiger partial charge in [0, 0.05) is 31.5 Å². The summed E-state index contributed by atoms with van der Waals surface area (Å²) in [4.78, 5) is 23.6. The Hall–Kier alpha value is -3.21. The van der Waals surface area contributed by atoms with Gasteiger partial charge in [0.2, 0.25) is 5.91 Å². The van der Waals surface area contributed by atoms with Gasteiger partial charge in [0.1, 0.15) is 18.0 Å². The molecule has 0 radical (unpaired) electrons. The highest BCUT2D eigenvalue weighted by Crippen LogP contribution is 2.28. The molecule has 1 saturated heterocycles. The smallest absolute Gasteiger partial charge is 0.226 e. The molecule has 2 aromatic carbocycles. The average molecular weight is 372 g/mol. The molecule has 3 aromatic rings. The zero-order valence-corrected chi connectivity index (χ0v) is 15.8. The maximum atomic E-state index is 12.8. The van der Waals surface area contributed by atoms with Crippen LogP contribution in [0.15, 0.2) is 73.1 Å². The molecule has 0 aliphatic carbocycles. The van der Waals surface area contributed by atoms with Crippen LogP contribution < -0.4 is 10.2 Å². The topological polar surface area (TPSA) is 58.1 Å². The number of carbonyl (C=O) groups is 1. The Kier molecular flexibility index (Phi) is 5.61. The highest BCUT2D eigenvalue weighted by atomic mass is 16.1. The van der Waals surface area contributed by atoms with E-state index in [0.717, 1.165) is 30.0 Å². The molecule has 1 aromatic heterocycles. The van der Waals surface area contributed by atoms with Gasteiger partial charge in [-0.2, -0.15) is 0 Å². The van der Waals surface area contributed by atoms with Crippen LogP contribution in [0.1, 0.15) is 36.3 Å². The standard InChI is InChI=1S/C23H24N4O/c28-23(26-21-16-22(25-17-24-21)27-13-7-8-14-27)15-20(18-9-3-1-4-10-18)19-11-5-2-6-12-19/h1-6,9-12,16-17,20H,7-8,13-15H2,(H,24,25,26,28). The quantitative estimate of drug-likeness (QED) is 0.703. The number of nitrogens with one attached hydrogen (secondary N) is 1. The Morgan fingerprint density at radius 2 is 1.54 bits per heavy atom. The van der Waals surface area contributed by atoms with Crippen LogP contribution in [0.25, 0.3) is 0 Å². The van der Waals surface area contributed by atoms with Crippen LogP contribution in [0.4, 0.5) is 11.6 Å². The molecule has 5 heteroatoms. The molecule has 0 spiro atoms. The van der Waals surface area contributed by atoms with Crippen molar-refractivity contribution < 1.29 is 4.79 Å². The second-order valence-corrected chi connectivity index (χ2v) is 7.08. The predicted octanol–water partition coefficient (Wildman–Crippen LogP) is 4.24. The van der Waals surface area contributed by atoms with Gasteiger partial charge < -0.3 is 10.2 Å². The molecule has 2 heterocycles. The number of anilines is 2. The highest BCUT2D eigenvalue weighted by molar-refractivity contribution is 5.91. The first-order valence-corrected chi connectivity index (χ1v) is 9.76. The van der Waals surface area contributed by atoms with Crippen molar-refractivity contribution in [1.29, 1.82) is 0 Å². The molecule has 4 rings (SSSR count). The van der Waals surface area contributed by atoms with Crippen LogP contribution in [0, 0.1) is 0 Å². The molecule has 1 N–H and O–H groups in total. The van der Waals surface area contributed by atoms with Gasteiger partial charge in [-0.3, -0.25) is 4.79 Å². The van der Waals surface area contributed by atoms with Crippen LogP contribution in [0.2, 0.25) is 0 Å². The minimum Gasteiger partial charge on any atom is -0.356 e. The van der Waals surface area contributed by atoms with Crippen LogP contribution in [0.5, 0.6) is 0 Å². The van der Waals surface area contributed by atoms with E-state index in [2.05, 4.69) is 44.5 Å². The lowest BCUT2D eigenvalue weighted by atomic mass is 9.88. The molecular weight excluding hydrogens is 348 g/mol. The Bertz CT molecular complexity index is 869. The number of hydrogen-bond acceptors (Lipinski definition) is 4. The maximum absolute atomic E-state index is 12.8. The fourth-order valence-corrected chi connectivity index (χ4v) is 3.71. The third kappa shape index (κ3) is 4.36. The number of aromatic nitrogens is 2. The summed E-state index contributed by atoms with van der Waals surface area (Å²) >= 11 is 0. The summed E-state index contributed by atoms with van der Waals surface area (Å²) in [5.41, 5.74) is 2.26. The van der Waals surface area contributed by atoms with E-state index in [4.69, 9.17) is 0 Å². The minimum absolute atomic E-state index is 0.00212. The number of amides is 1. The van der Waals surface area contributed by atoms with Gasteiger partial charge in [0.05, 0.1) is 0 Å². The first-order valence-electron chi connectivity index (χ1n) is 9.76. The van der Waals surface area contributed by atoms with Gasteiger partial charge in [0.15, 0.2) is 0 Å². The summed E-state index contributed by atoms with van der Waals surface area (Å²) < 4.78 is 0. The summed E-state index contributed by atoms with van der Waals surface area (Å²) in [6.45, 7) is 2.02. The van der Waals surface area contributed by atoms with E-state index >= 15 is 0 Å². The summed E-state index contributed by atoms with van der Waals surface area (Å²) in [6, 6.07) is 22.2. The van der Waals surface area contributed by atoms with Gasteiger partial charge in [-0.1, -0.05) is 60.7 Å². The minimum atomic E-state index is -0.0521. The second-order valence-electron chi connectivity index (χ2n) is 7.08. The summed E-state index contributed by atoms with van der Waals surface area (Å²) in [7, 11) is 0. The zero-order valence-electron chi connectivity index (χ0n) is 15.8. The Balaban J connectivity index is 1.50. The van der Waals surface area contributed by atoms with E-state index in [1.54, 1.807) is 0 Å². The molecule has 142 valence electrons. The van der Waals surface area contributed by atoms with Gasteiger partial charge >= 0.3 is 0 Å². The number of rotatable bonds is 6. The summed E-state index contributed by atoms with van der Waals surface area (Å²) in [5.74, 6) is 1.39. The monoisotopic (exact) mass is 372 g/mol. The van der Waals surface area contributed by atoms with Crippen molar-refractivity contribution in [3.8, 4) is 0 Å². The van der Waals surface area contributed by atoms with Crippen LogP contribution >= 0.6 is 0 Å². The number of carbonyl (C=O) groups excluding carboxylic acids is 1. The average Bonchev–Trinajstić information content (AvgIpc) is 3.29. The van der Waals surface area contributed by atoms with Crippen molar-refractivity contribution in [2.75, 3.05) is 23.3 Å². The number of hydrogen-bond donors (Lipinski definition) is 1. The van der Waals surface area contributed by atoms with Crippen molar-refractivity contribution in [3.63, 3.8) is 0 Å². The van der Waals surface area contributed by atoms with Crippen LogP contribution in [0.3, 0.4) is 0 Å². The molecule has 0 atom stereocenters. The summed E-state index contributed by atoms with van der Waals surface area (Å²) in [6.07, 6.45) is 4.25. The Morgan fingerprint density at radius 1 is 0.929 bits per heavy atom. The lowest BCUT2D eigenvalue weighted by molar-refractivity contribution is -0.116. The van der Waals surface area contributed by atoms with Crippen molar-refractivity contribution in [2.45, 2.75) is 25.2 Å². The van der Waals surface area contributed by atoms with Gasteiger partial charge in [-0.25, -0.2) is 9.97 Å². The predicted molar refractivity (Wildman–Crippen MR) is 111 cm³/mol. The SMILES string of the molecule is O=C(CC(c1ccccc1)c1ccccc1)Nc1cc(N2CCCC2)ncn1. The molecule has 0 unspecified atom stereocenters. The second kappa shape index (κ2) is 8.65. The first kappa shape index (κ1) is 18.2. The largest absolute Gasteiger partial charge is 0.356 e. The van der Waals surface area contributed by atoms with Gasteiger partial charge in [-0.15, -0.1) is 0 Å². The Morgan fingerprint density at radius 3 is 2.14 bits per heavy atom. The highest BCUT2D eigenvalue weighted by Gasteiger charge is 2.19. The number of nitrogens with zero attached hydrogens (tertiary/aromatic N) is 3. The third-order valence-corrected chi connectivity index (χ3v) is 5.14. The molecule has 1 amide bonds. The zero-order chi connectivity index (χ0) is 19.2. The van der Waals surface area contributed by atoms with Crippen molar-refractivity contribution in [2.24, 2.45) is 0 Å². The fourth-order valence-electron chi connectivity index (χ4n) is 3.71. The van der Waals surface area contributed by atoms with Crippen molar-refractivity contribution >= 4 is 17.5 Å². The van der Waals surface area contributed by atoms with Crippen LogP contribution in [-0.2, 0) is 4.79 Å². The lowest BCUT2D eigenvalue weighted by Gasteiger charge is -2.19. The molecular formula is C23H24N4O. The normalized spacial score (nSPS) is 13.7. The molecule has 28 heavy (non-hydrogen) atoms. The maximum Gasteiger partial charge on any atom is 0.226 e. The van der Waals surface area contributed by atoms with E-state index in [9.17, 15) is 4.79 Å². The van der Waals surface area contributed by atoms with Crippen molar-refractivity contribution in [1.82, 2.24) is 9.97 Å². The van der Waals surface area contributed by atoms with Gasteiger partial charge in [-0.05, 0) is 24.0 Å². The number of benzene rings is 2. The van der Waals surface area contributed by atoms with Crippen molar-refractivity contribution in [3.05, 3.63) is 84.2 Å². The van der Waals surface area contributed by atoms with Gasteiger partial charge in [0.25, 0.3) is 0 Å². The third-order valence-electron chi connectivity index (χ3n) is 5.14. The Labute approximate surface area is 165 Å². The van der Waals surface area contributed by atoms with E-state index in [1.165, 1.54) is 19.2 Å². The van der Waals surface area contributed by atoms with E-state index in [0.29, 0.717) is 12.2 Å². The molecule has 5 nitrogen and oxygen atoms in total. The van der Waals surface area contributed by atoms with E-state index in [1.807, 2.05) is 42.5 Å². The lowest BCUT2D eigenvalue weighted by Crippen LogP contribution is -2.21. The first-order chi connectivity index (χ1) is 13.8. The summed E-state index contributed by atoms with van der Waals surface area (Å²) in [5, 5.41) is 2.96. The fraction of sp³-hybridized carbons (Fsp3) is 0.261. The molecule has 1 fully saturated rings. The molecule has 0 saturated carbocycles.